The molecule has 238 valence electrons. The van der Waals surface area contributed by atoms with E-state index in [1.54, 1.807) is 18.2 Å². The Morgan fingerprint density at radius 1 is 0.844 bits per heavy atom. The van der Waals surface area contributed by atoms with Gasteiger partial charge in [0, 0.05) is 22.3 Å². The van der Waals surface area contributed by atoms with E-state index in [9.17, 15) is 14.4 Å². The molecule has 0 fully saturated rings. The average molecular weight is 672 g/mol. The molecule has 3 N–H and O–H groups in total. The second-order valence-electron chi connectivity index (χ2n) is 10.8. The number of carbonyl (C=O) groups is 2. The van der Waals surface area contributed by atoms with Crippen LogP contribution in [0.4, 0.5) is 11.5 Å². The van der Waals surface area contributed by atoms with Gasteiger partial charge in [-0.1, -0.05) is 92.5 Å². The molecule has 11 heteroatoms. The van der Waals surface area contributed by atoms with E-state index in [2.05, 4.69) is 41.7 Å². The van der Waals surface area contributed by atoms with Crippen molar-refractivity contribution >= 4 is 58.1 Å². The van der Waals surface area contributed by atoms with Gasteiger partial charge in [0.25, 0.3) is 17.4 Å². The molecule has 0 saturated heterocycles. The third-order valence-corrected chi connectivity index (χ3v) is 7.98. The number of aromatic nitrogens is 2. The Bertz CT molecular complexity index is 1680. The fraction of sp³-hybridized carbons (Fsp3) is 0.324. The van der Waals surface area contributed by atoms with E-state index in [-0.39, 0.29) is 39.6 Å². The number of aromatic amines is 1. The molecule has 0 aliphatic heterocycles. The maximum Gasteiger partial charge on any atom is 0.273 e. The predicted octanol–water partition coefficient (Wildman–Crippen LogP) is 8.86. The van der Waals surface area contributed by atoms with Crippen molar-refractivity contribution < 1.29 is 14.3 Å². The number of H-pyrrole nitrogens is 1. The normalized spacial score (nSPS) is 11.0. The number of carbonyl (C=O) groups excluding carboxylic acids is 2. The number of anilines is 2. The molecule has 1 aromatic heterocycles. The Balaban J connectivity index is 1.38. The van der Waals surface area contributed by atoms with Gasteiger partial charge < -0.3 is 15.4 Å². The largest absolute Gasteiger partial charge is 0.483 e. The van der Waals surface area contributed by atoms with Gasteiger partial charge in [-0.25, -0.2) is 4.68 Å². The number of amides is 2. The minimum atomic E-state index is -0.500. The fourth-order valence-corrected chi connectivity index (χ4v) is 5.90. The van der Waals surface area contributed by atoms with Crippen LogP contribution < -0.4 is 20.9 Å². The average Bonchev–Trinajstić information content (AvgIpc) is 3.35. The van der Waals surface area contributed by atoms with Gasteiger partial charge in [0.05, 0.1) is 10.0 Å². The molecule has 1 heterocycles. The number of hydrogen-bond donors (Lipinski definition) is 3. The van der Waals surface area contributed by atoms with Crippen molar-refractivity contribution in [3.63, 3.8) is 0 Å². The van der Waals surface area contributed by atoms with Crippen molar-refractivity contribution in [3.05, 3.63) is 103 Å². The number of unbranched alkanes of at least 4 members (excludes halogenated alkanes) is 4. The van der Waals surface area contributed by atoms with Crippen LogP contribution >= 0.6 is 34.8 Å². The van der Waals surface area contributed by atoms with E-state index in [1.165, 1.54) is 42.7 Å². The highest BCUT2D eigenvalue weighted by atomic mass is 35.5. The Kier molecular flexibility index (Phi) is 12.6. The highest BCUT2D eigenvalue weighted by molar-refractivity contribution is 6.40. The van der Waals surface area contributed by atoms with Crippen LogP contribution in [0.5, 0.6) is 5.75 Å². The third kappa shape index (κ3) is 9.63. The molecule has 4 rings (SSSR count). The lowest BCUT2D eigenvalue weighted by Crippen LogP contribution is -2.21. The van der Waals surface area contributed by atoms with Crippen molar-refractivity contribution in [2.75, 3.05) is 17.2 Å². The summed E-state index contributed by atoms with van der Waals surface area (Å²) in [5, 5.41) is 8.87. The minimum absolute atomic E-state index is 0.126. The van der Waals surface area contributed by atoms with Crippen LogP contribution in [-0.2, 0) is 17.6 Å². The van der Waals surface area contributed by atoms with Gasteiger partial charge in [-0.05, 0) is 73.2 Å². The molecule has 2 amide bonds. The molecular formula is C34H37Cl3N4O4. The van der Waals surface area contributed by atoms with Crippen LogP contribution in [0.15, 0.2) is 65.5 Å². The summed E-state index contributed by atoms with van der Waals surface area (Å²) >= 11 is 18.5. The van der Waals surface area contributed by atoms with E-state index >= 15 is 0 Å². The molecule has 4 aromatic rings. The summed E-state index contributed by atoms with van der Waals surface area (Å²) in [5.41, 5.74) is 2.82. The zero-order valence-corrected chi connectivity index (χ0v) is 27.6. The van der Waals surface area contributed by atoms with Crippen LogP contribution in [0.1, 0.15) is 73.9 Å². The van der Waals surface area contributed by atoms with Crippen molar-refractivity contribution in [2.24, 2.45) is 0 Å². The SMILES string of the molecule is CCCCCc1ccc(OCC(=O)Nc2cccc(C(=O)Nc3cc(=O)n(-c4c(Cl)cc(Cl)cc4Cl)[nH]3)c2)c(CCCCC)c1. The third-order valence-electron chi connectivity index (χ3n) is 7.18. The monoisotopic (exact) mass is 670 g/mol. The molecule has 45 heavy (non-hydrogen) atoms. The van der Waals surface area contributed by atoms with Crippen molar-refractivity contribution in [1.82, 2.24) is 9.78 Å². The molecule has 0 bridgehead atoms. The van der Waals surface area contributed by atoms with Gasteiger partial charge in [-0.2, -0.15) is 0 Å². The van der Waals surface area contributed by atoms with E-state index < -0.39 is 11.5 Å². The van der Waals surface area contributed by atoms with E-state index in [0.717, 1.165) is 54.5 Å². The van der Waals surface area contributed by atoms with E-state index in [1.807, 2.05) is 6.07 Å². The summed E-state index contributed by atoms with van der Waals surface area (Å²) in [7, 11) is 0. The molecule has 8 nitrogen and oxygen atoms in total. The van der Waals surface area contributed by atoms with Gasteiger partial charge >= 0.3 is 0 Å². The molecule has 0 aliphatic rings. The van der Waals surface area contributed by atoms with Gasteiger partial charge in [-0.3, -0.25) is 19.5 Å². The molecule has 0 aliphatic carbocycles. The van der Waals surface area contributed by atoms with E-state index in [0.29, 0.717) is 10.7 Å². The van der Waals surface area contributed by atoms with Crippen molar-refractivity contribution in [3.8, 4) is 11.4 Å². The summed E-state index contributed by atoms with van der Waals surface area (Å²) in [6.07, 6.45) is 8.80. The number of nitrogens with zero attached hydrogens (tertiary/aromatic N) is 1. The maximum atomic E-state index is 13.0. The van der Waals surface area contributed by atoms with Gasteiger partial charge in [0.15, 0.2) is 6.61 Å². The van der Waals surface area contributed by atoms with Crippen LogP contribution in [0.2, 0.25) is 15.1 Å². The summed E-state index contributed by atoms with van der Waals surface area (Å²) < 4.78 is 7.07. The summed E-state index contributed by atoms with van der Waals surface area (Å²) in [6, 6.07) is 16.8. The first-order valence-corrected chi connectivity index (χ1v) is 16.2. The van der Waals surface area contributed by atoms with Crippen LogP contribution in [0.3, 0.4) is 0 Å². The Labute approximate surface area is 278 Å². The van der Waals surface area contributed by atoms with Crippen molar-refractivity contribution in [1.29, 1.82) is 0 Å². The quantitative estimate of drug-likeness (QED) is 0.110. The molecule has 0 atom stereocenters. The number of rotatable bonds is 15. The lowest BCUT2D eigenvalue weighted by Gasteiger charge is -2.14. The zero-order chi connectivity index (χ0) is 32.3. The van der Waals surface area contributed by atoms with Gasteiger partial charge in [0.1, 0.15) is 17.3 Å². The lowest BCUT2D eigenvalue weighted by molar-refractivity contribution is -0.118. The van der Waals surface area contributed by atoms with Crippen molar-refractivity contribution in [2.45, 2.75) is 65.2 Å². The summed E-state index contributed by atoms with van der Waals surface area (Å²) in [6.45, 7) is 4.20. The standard InChI is InChI=1S/C34H37Cl3N4O4/c1-3-5-7-10-22-14-15-29(23(16-22)11-8-6-4-2)45-21-31(42)38-26-13-9-12-24(17-26)34(44)39-30-20-32(43)41(40-30)33-27(36)18-25(35)19-28(33)37/h9,12-20,40H,3-8,10-11,21H2,1-2H3,(H,38,42)(H,39,44). The number of ether oxygens (including phenoxy) is 1. The molecular weight excluding hydrogens is 635 g/mol. The molecule has 0 radical (unpaired) electrons. The summed E-state index contributed by atoms with van der Waals surface area (Å²) in [4.78, 5) is 38.4. The number of aryl methyl sites for hydroxylation is 2. The molecule has 0 saturated carbocycles. The predicted molar refractivity (Wildman–Crippen MR) is 183 cm³/mol. The van der Waals surface area contributed by atoms with Crippen LogP contribution in [0, 0.1) is 0 Å². The molecule has 0 spiro atoms. The molecule has 0 unspecified atom stereocenters. The number of benzene rings is 3. The minimum Gasteiger partial charge on any atom is -0.483 e. The lowest BCUT2D eigenvalue weighted by atomic mass is 10.0. The zero-order valence-electron chi connectivity index (χ0n) is 25.4. The van der Waals surface area contributed by atoms with Gasteiger partial charge in [-0.15, -0.1) is 0 Å². The Morgan fingerprint density at radius 3 is 2.27 bits per heavy atom. The van der Waals surface area contributed by atoms with E-state index in [4.69, 9.17) is 39.5 Å². The Morgan fingerprint density at radius 2 is 1.56 bits per heavy atom. The highest BCUT2D eigenvalue weighted by Gasteiger charge is 2.16. The summed E-state index contributed by atoms with van der Waals surface area (Å²) in [5.74, 6) is -0.00575. The number of nitrogens with one attached hydrogen (secondary N) is 3. The number of halogens is 3. The topological polar surface area (TPSA) is 105 Å². The molecule has 3 aromatic carbocycles. The Hall–Kier alpha value is -3.72. The smallest absolute Gasteiger partial charge is 0.273 e. The fourth-order valence-electron chi connectivity index (χ4n) is 4.92. The second-order valence-corrected chi connectivity index (χ2v) is 12.0. The van der Waals surface area contributed by atoms with Crippen LogP contribution in [0.25, 0.3) is 5.69 Å². The van der Waals surface area contributed by atoms with Crippen LogP contribution in [-0.4, -0.2) is 28.2 Å². The maximum absolute atomic E-state index is 13.0. The first-order chi connectivity index (χ1) is 21.7. The first kappa shape index (κ1) is 34.2. The first-order valence-electron chi connectivity index (χ1n) is 15.1. The highest BCUT2D eigenvalue weighted by Crippen LogP contribution is 2.31. The number of hydrogen-bond acceptors (Lipinski definition) is 4. The van der Waals surface area contributed by atoms with Gasteiger partial charge in [0.2, 0.25) is 0 Å². The second kappa shape index (κ2) is 16.5.